The predicted molar refractivity (Wildman–Crippen MR) is 131 cm³/mol. The van der Waals surface area contributed by atoms with Gasteiger partial charge in [0.1, 0.15) is 0 Å². The second kappa shape index (κ2) is 11.8. The molecule has 0 amide bonds. The van der Waals surface area contributed by atoms with Crippen molar-refractivity contribution in [2.75, 3.05) is 0 Å². The minimum Gasteiger partial charge on any atom is -0.204 e. The Morgan fingerprint density at radius 3 is 1.84 bits per heavy atom. The van der Waals surface area contributed by atoms with Gasteiger partial charge in [-0.3, -0.25) is 0 Å². The monoisotopic (exact) mass is 442 g/mol. The molecule has 178 valence electrons. The van der Waals surface area contributed by atoms with Crippen molar-refractivity contribution in [3.63, 3.8) is 0 Å². The van der Waals surface area contributed by atoms with Crippen LogP contribution >= 0.6 is 0 Å². The van der Waals surface area contributed by atoms with Gasteiger partial charge in [-0.25, -0.2) is 8.78 Å². The molecular formula is C30H44F2. The quantitative estimate of drug-likeness (QED) is 0.369. The molecule has 4 rings (SSSR count). The molecule has 0 unspecified atom stereocenters. The van der Waals surface area contributed by atoms with Crippen LogP contribution in [0.25, 0.3) is 0 Å². The Morgan fingerprint density at radius 2 is 1.28 bits per heavy atom. The molecule has 0 aliphatic heterocycles. The zero-order chi connectivity index (χ0) is 22.3. The van der Waals surface area contributed by atoms with Crippen molar-refractivity contribution in [2.24, 2.45) is 29.6 Å². The Balaban J connectivity index is 1.15. The van der Waals surface area contributed by atoms with E-state index in [1.54, 1.807) is 6.07 Å². The smallest absolute Gasteiger partial charge is 0.159 e. The Labute approximate surface area is 195 Å². The first-order valence-electron chi connectivity index (χ1n) is 13.8. The maximum atomic E-state index is 13.6. The van der Waals surface area contributed by atoms with Crippen LogP contribution in [0.5, 0.6) is 0 Å². The summed E-state index contributed by atoms with van der Waals surface area (Å²) in [7, 11) is 0. The Bertz CT molecular complexity index is 714. The Hall–Kier alpha value is -1.18. The number of benzene rings is 1. The summed E-state index contributed by atoms with van der Waals surface area (Å²) in [6, 6.07) is 4.47. The lowest BCUT2D eigenvalue weighted by Crippen LogP contribution is -2.25. The van der Waals surface area contributed by atoms with Crippen LogP contribution in [-0.4, -0.2) is 0 Å². The fourth-order valence-electron chi connectivity index (χ4n) is 6.98. The second-order valence-corrected chi connectivity index (χ2v) is 11.3. The molecule has 3 fully saturated rings. The summed E-state index contributed by atoms with van der Waals surface area (Å²) in [6.45, 7) is 2.32. The average molecular weight is 443 g/mol. The summed E-state index contributed by atoms with van der Waals surface area (Å²) in [5.74, 6) is 3.46. The molecule has 0 saturated heterocycles. The summed E-state index contributed by atoms with van der Waals surface area (Å²) >= 11 is 0. The molecule has 3 aliphatic rings. The van der Waals surface area contributed by atoms with Crippen LogP contribution in [0.3, 0.4) is 0 Å². The molecule has 3 saturated carbocycles. The van der Waals surface area contributed by atoms with Crippen molar-refractivity contribution in [1.82, 2.24) is 0 Å². The summed E-state index contributed by atoms with van der Waals surface area (Å²) in [6.07, 6.45) is 25.5. The highest BCUT2D eigenvalue weighted by Crippen LogP contribution is 2.43. The van der Waals surface area contributed by atoms with Gasteiger partial charge in [-0.05, 0) is 117 Å². The van der Waals surface area contributed by atoms with Crippen LogP contribution in [0.2, 0.25) is 0 Å². The van der Waals surface area contributed by atoms with Gasteiger partial charge in [0.15, 0.2) is 11.6 Å². The van der Waals surface area contributed by atoms with Gasteiger partial charge >= 0.3 is 0 Å². The van der Waals surface area contributed by atoms with Crippen LogP contribution in [0.15, 0.2) is 30.4 Å². The first kappa shape index (κ1) is 24.0. The SMILES string of the molecule is CCCC[C@H]1CC[C@H]([C@H]2CC[C@H](C=C[C@H]3CC[C@H](c4ccc(F)c(F)c4)CC3)CC2)CC1. The molecule has 2 heteroatoms. The van der Waals surface area contributed by atoms with Crippen molar-refractivity contribution in [1.29, 1.82) is 0 Å². The van der Waals surface area contributed by atoms with Crippen LogP contribution in [0, 0.1) is 41.2 Å². The van der Waals surface area contributed by atoms with E-state index in [4.69, 9.17) is 0 Å². The van der Waals surface area contributed by atoms with Crippen molar-refractivity contribution < 1.29 is 8.78 Å². The van der Waals surface area contributed by atoms with Crippen molar-refractivity contribution in [3.05, 3.63) is 47.5 Å². The number of allylic oxidation sites excluding steroid dienone is 2. The highest BCUT2D eigenvalue weighted by molar-refractivity contribution is 5.22. The fourth-order valence-corrected chi connectivity index (χ4v) is 6.98. The molecular weight excluding hydrogens is 398 g/mol. The van der Waals surface area contributed by atoms with Crippen molar-refractivity contribution in [2.45, 2.75) is 109 Å². The Kier molecular flexibility index (Phi) is 8.83. The third kappa shape index (κ3) is 6.45. The summed E-state index contributed by atoms with van der Waals surface area (Å²) in [4.78, 5) is 0. The lowest BCUT2D eigenvalue weighted by molar-refractivity contribution is 0.151. The Morgan fingerprint density at radius 1 is 0.719 bits per heavy atom. The van der Waals surface area contributed by atoms with E-state index in [0.717, 1.165) is 42.1 Å². The molecule has 32 heavy (non-hydrogen) atoms. The van der Waals surface area contributed by atoms with E-state index < -0.39 is 11.6 Å². The second-order valence-electron chi connectivity index (χ2n) is 11.3. The van der Waals surface area contributed by atoms with E-state index >= 15 is 0 Å². The molecule has 0 radical (unpaired) electrons. The number of hydrogen-bond acceptors (Lipinski definition) is 0. The number of rotatable bonds is 7. The maximum Gasteiger partial charge on any atom is 0.159 e. The predicted octanol–water partition coefficient (Wildman–Crippen LogP) is 9.60. The van der Waals surface area contributed by atoms with Gasteiger partial charge in [0.25, 0.3) is 0 Å². The van der Waals surface area contributed by atoms with Crippen molar-refractivity contribution >= 4 is 0 Å². The highest BCUT2D eigenvalue weighted by Gasteiger charge is 2.30. The van der Waals surface area contributed by atoms with E-state index in [0.29, 0.717) is 11.8 Å². The highest BCUT2D eigenvalue weighted by atomic mass is 19.2. The average Bonchev–Trinajstić information content (AvgIpc) is 2.84. The summed E-state index contributed by atoms with van der Waals surface area (Å²) < 4.78 is 26.8. The van der Waals surface area contributed by atoms with Gasteiger partial charge < -0.3 is 0 Å². The van der Waals surface area contributed by atoms with E-state index in [1.165, 1.54) is 95.6 Å². The third-order valence-electron chi connectivity index (χ3n) is 9.18. The molecule has 1 aromatic rings. The normalized spacial score (nSPS) is 34.1. The van der Waals surface area contributed by atoms with Crippen LogP contribution in [-0.2, 0) is 0 Å². The van der Waals surface area contributed by atoms with Crippen LogP contribution < -0.4 is 0 Å². The first-order chi connectivity index (χ1) is 15.6. The van der Waals surface area contributed by atoms with Gasteiger partial charge in [0, 0.05) is 0 Å². The third-order valence-corrected chi connectivity index (χ3v) is 9.18. The maximum absolute atomic E-state index is 13.6. The molecule has 1 aromatic carbocycles. The molecule has 0 atom stereocenters. The van der Waals surface area contributed by atoms with Gasteiger partial charge in [0.2, 0.25) is 0 Å². The van der Waals surface area contributed by atoms with E-state index in [1.807, 2.05) is 0 Å². The summed E-state index contributed by atoms with van der Waals surface area (Å²) in [5, 5.41) is 0. The van der Waals surface area contributed by atoms with E-state index in [9.17, 15) is 8.78 Å². The molecule has 0 nitrogen and oxygen atoms in total. The van der Waals surface area contributed by atoms with Crippen LogP contribution in [0.4, 0.5) is 8.78 Å². The van der Waals surface area contributed by atoms with Crippen LogP contribution in [0.1, 0.15) is 115 Å². The minimum absolute atomic E-state index is 0.391. The number of unbranched alkanes of at least 4 members (excludes halogenated alkanes) is 1. The summed E-state index contributed by atoms with van der Waals surface area (Å²) in [5.41, 5.74) is 0.976. The molecule has 0 N–H and O–H groups in total. The lowest BCUT2D eigenvalue weighted by Gasteiger charge is -2.37. The zero-order valence-electron chi connectivity index (χ0n) is 20.2. The molecule has 0 bridgehead atoms. The first-order valence-corrected chi connectivity index (χ1v) is 13.8. The van der Waals surface area contributed by atoms with Gasteiger partial charge in [0.05, 0.1) is 0 Å². The molecule has 3 aliphatic carbocycles. The van der Waals surface area contributed by atoms with E-state index in [2.05, 4.69) is 19.1 Å². The number of hydrogen-bond donors (Lipinski definition) is 0. The van der Waals surface area contributed by atoms with Gasteiger partial charge in [-0.1, -0.05) is 57.2 Å². The van der Waals surface area contributed by atoms with Gasteiger partial charge in [-0.2, -0.15) is 0 Å². The molecule has 0 spiro atoms. The molecule has 0 heterocycles. The minimum atomic E-state index is -0.736. The number of halogens is 2. The topological polar surface area (TPSA) is 0 Å². The molecule has 0 aromatic heterocycles. The van der Waals surface area contributed by atoms with E-state index in [-0.39, 0.29) is 0 Å². The zero-order valence-corrected chi connectivity index (χ0v) is 20.2. The fraction of sp³-hybridized carbons (Fsp3) is 0.733. The van der Waals surface area contributed by atoms with Crippen molar-refractivity contribution in [3.8, 4) is 0 Å². The largest absolute Gasteiger partial charge is 0.204 e. The standard InChI is InChI=1S/C30H44F2/c1-2-3-4-22-7-13-25(14-8-22)26-15-9-23(10-16-26)5-6-24-11-17-27(18-12-24)28-19-20-29(31)30(32)21-28/h5-6,19-27H,2-4,7-18H2,1H3/t22-,23-,24-,25-,26-,27-. The van der Waals surface area contributed by atoms with Gasteiger partial charge in [-0.15, -0.1) is 0 Å². The lowest BCUT2D eigenvalue weighted by atomic mass is 9.68.